The number of likely N-dealkylation sites (tertiary alicyclic amines) is 1. The van der Waals surface area contributed by atoms with Crippen LogP contribution in [0.2, 0.25) is 0 Å². The summed E-state index contributed by atoms with van der Waals surface area (Å²) in [6.45, 7) is 8.23. The Kier molecular flexibility index (Phi) is 6.78. The third kappa shape index (κ3) is 5.15. The first-order chi connectivity index (χ1) is 12.8. The van der Waals surface area contributed by atoms with Crippen LogP contribution in [-0.4, -0.2) is 44.8 Å². The number of hydrogen-bond donors (Lipinski definition) is 0. The van der Waals surface area contributed by atoms with Crippen molar-refractivity contribution in [2.24, 2.45) is 0 Å². The van der Waals surface area contributed by atoms with E-state index in [1.54, 1.807) is 7.11 Å². The summed E-state index contributed by atoms with van der Waals surface area (Å²) in [5.41, 5.74) is 2.46. The van der Waals surface area contributed by atoms with Gasteiger partial charge in [-0.15, -0.1) is 0 Å². The lowest BCUT2D eigenvalue weighted by atomic mass is 10.2. The number of anilines is 1. The van der Waals surface area contributed by atoms with Gasteiger partial charge < -0.3 is 14.4 Å². The van der Waals surface area contributed by atoms with Crippen LogP contribution in [0.1, 0.15) is 25.3 Å². The maximum absolute atomic E-state index is 5.90. The second kappa shape index (κ2) is 9.48. The maximum Gasteiger partial charge on any atom is 0.120 e. The van der Waals surface area contributed by atoms with Gasteiger partial charge in [0.25, 0.3) is 0 Å². The topological polar surface area (TPSA) is 24.9 Å². The third-order valence-electron chi connectivity index (χ3n) is 4.97. The van der Waals surface area contributed by atoms with Crippen molar-refractivity contribution >= 4 is 5.69 Å². The summed E-state index contributed by atoms with van der Waals surface area (Å²) in [6, 6.07) is 16.7. The molecule has 0 saturated carbocycles. The van der Waals surface area contributed by atoms with Crippen LogP contribution in [0.4, 0.5) is 5.69 Å². The van der Waals surface area contributed by atoms with E-state index in [1.807, 2.05) is 12.1 Å². The fourth-order valence-corrected chi connectivity index (χ4v) is 3.40. The molecule has 4 nitrogen and oxygen atoms in total. The number of hydrogen-bond acceptors (Lipinski definition) is 4. The Labute approximate surface area is 157 Å². The molecule has 0 spiro atoms. The molecule has 1 fully saturated rings. The van der Waals surface area contributed by atoms with Gasteiger partial charge in [-0.2, -0.15) is 0 Å². The fourth-order valence-electron chi connectivity index (χ4n) is 3.40. The van der Waals surface area contributed by atoms with E-state index in [9.17, 15) is 0 Å². The van der Waals surface area contributed by atoms with Crippen molar-refractivity contribution in [3.05, 3.63) is 54.1 Å². The van der Waals surface area contributed by atoms with Gasteiger partial charge in [-0.05, 0) is 62.7 Å². The normalized spacial score (nSPS) is 14.4. The first-order valence-electron chi connectivity index (χ1n) is 9.61. The monoisotopic (exact) mass is 354 g/mol. The Morgan fingerprint density at radius 3 is 2.46 bits per heavy atom. The minimum Gasteiger partial charge on any atom is -0.497 e. The van der Waals surface area contributed by atoms with Gasteiger partial charge in [0.1, 0.15) is 18.1 Å². The molecule has 2 aromatic rings. The lowest BCUT2D eigenvalue weighted by Gasteiger charge is -2.24. The Bertz CT molecular complexity index is 666. The summed E-state index contributed by atoms with van der Waals surface area (Å²) < 4.78 is 11.2. The zero-order chi connectivity index (χ0) is 18.2. The lowest BCUT2D eigenvalue weighted by molar-refractivity contribution is 0.238. The van der Waals surface area contributed by atoms with Crippen molar-refractivity contribution in [3.63, 3.8) is 0 Å². The molecule has 1 saturated heterocycles. The molecule has 140 valence electrons. The standard InChI is InChI=1S/C22H30N2O2/c1-3-24(20-7-6-8-22(17-20)25-2)18-19-9-11-21(12-10-19)26-16-15-23-13-4-5-14-23/h6-12,17H,3-5,13-16,18H2,1-2H3. The molecule has 2 aromatic carbocycles. The molecule has 0 aliphatic carbocycles. The molecular formula is C22H30N2O2. The van der Waals surface area contributed by atoms with Crippen molar-refractivity contribution < 1.29 is 9.47 Å². The highest BCUT2D eigenvalue weighted by Gasteiger charge is 2.11. The van der Waals surface area contributed by atoms with Crippen LogP contribution >= 0.6 is 0 Å². The van der Waals surface area contributed by atoms with Gasteiger partial charge in [-0.1, -0.05) is 18.2 Å². The molecular weight excluding hydrogens is 324 g/mol. The van der Waals surface area contributed by atoms with E-state index in [1.165, 1.54) is 37.2 Å². The zero-order valence-electron chi connectivity index (χ0n) is 16.0. The predicted octanol–water partition coefficient (Wildman–Crippen LogP) is 4.20. The molecule has 0 radical (unpaired) electrons. The summed E-state index contributed by atoms with van der Waals surface area (Å²) in [5, 5.41) is 0. The zero-order valence-corrected chi connectivity index (χ0v) is 16.0. The van der Waals surface area contributed by atoms with E-state index in [2.05, 4.69) is 53.1 Å². The Balaban J connectivity index is 1.53. The van der Waals surface area contributed by atoms with Crippen LogP contribution in [-0.2, 0) is 6.54 Å². The lowest BCUT2D eigenvalue weighted by Crippen LogP contribution is -2.25. The first kappa shape index (κ1) is 18.6. The number of benzene rings is 2. The van der Waals surface area contributed by atoms with E-state index in [4.69, 9.17) is 9.47 Å². The molecule has 3 rings (SSSR count). The number of nitrogens with zero attached hydrogens (tertiary/aromatic N) is 2. The number of rotatable bonds is 9. The van der Waals surface area contributed by atoms with Crippen molar-refractivity contribution in [1.29, 1.82) is 0 Å². The SMILES string of the molecule is CCN(Cc1ccc(OCCN2CCCC2)cc1)c1cccc(OC)c1. The summed E-state index contributed by atoms with van der Waals surface area (Å²) >= 11 is 0. The summed E-state index contributed by atoms with van der Waals surface area (Å²) in [7, 11) is 1.71. The summed E-state index contributed by atoms with van der Waals surface area (Å²) in [4.78, 5) is 4.81. The summed E-state index contributed by atoms with van der Waals surface area (Å²) in [6.07, 6.45) is 2.66. The van der Waals surface area contributed by atoms with Gasteiger partial charge in [-0.3, -0.25) is 4.90 Å². The molecule has 0 bridgehead atoms. The van der Waals surface area contributed by atoms with E-state index >= 15 is 0 Å². The summed E-state index contributed by atoms with van der Waals surface area (Å²) in [5.74, 6) is 1.85. The van der Waals surface area contributed by atoms with E-state index in [0.717, 1.165) is 37.7 Å². The van der Waals surface area contributed by atoms with Crippen LogP contribution in [0.3, 0.4) is 0 Å². The smallest absolute Gasteiger partial charge is 0.120 e. The highest BCUT2D eigenvalue weighted by Crippen LogP contribution is 2.23. The van der Waals surface area contributed by atoms with Crippen molar-refractivity contribution in [2.75, 3.05) is 44.8 Å². The van der Waals surface area contributed by atoms with E-state index in [-0.39, 0.29) is 0 Å². The Morgan fingerprint density at radius 1 is 1.00 bits per heavy atom. The molecule has 1 heterocycles. The van der Waals surface area contributed by atoms with Crippen LogP contribution in [0.5, 0.6) is 11.5 Å². The average molecular weight is 354 g/mol. The minimum atomic E-state index is 0.768. The highest BCUT2D eigenvalue weighted by atomic mass is 16.5. The van der Waals surface area contributed by atoms with E-state index in [0.29, 0.717) is 0 Å². The van der Waals surface area contributed by atoms with Gasteiger partial charge in [0.15, 0.2) is 0 Å². The van der Waals surface area contributed by atoms with Crippen LogP contribution in [0, 0.1) is 0 Å². The van der Waals surface area contributed by atoms with Gasteiger partial charge >= 0.3 is 0 Å². The molecule has 0 unspecified atom stereocenters. The third-order valence-corrected chi connectivity index (χ3v) is 4.97. The molecule has 4 heteroatoms. The number of ether oxygens (including phenoxy) is 2. The second-order valence-electron chi connectivity index (χ2n) is 6.76. The number of methoxy groups -OCH3 is 1. The molecule has 0 aromatic heterocycles. The highest BCUT2D eigenvalue weighted by molar-refractivity contribution is 5.51. The van der Waals surface area contributed by atoms with Crippen LogP contribution in [0.15, 0.2) is 48.5 Å². The molecule has 1 aliphatic rings. The Morgan fingerprint density at radius 2 is 1.77 bits per heavy atom. The second-order valence-corrected chi connectivity index (χ2v) is 6.76. The maximum atomic E-state index is 5.90. The van der Waals surface area contributed by atoms with Gasteiger partial charge in [0.2, 0.25) is 0 Å². The average Bonchev–Trinajstić information content (AvgIpc) is 3.21. The molecule has 0 N–H and O–H groups in total. The molecule has 0 atom stereocenters. The van der Waals surface area contributed by atoms with Crippen LogP contribution in [0.25, 0.3) is 0 Å². The van der Waals surface area contributed by atoms with Crippen molar-refractivity contribution in [1.82, 2.24) is 4.90 Å². The van der Waals surface area contributed by atoms with Crippen molar-refractivity contribution in [2.45, 2.75) is 26.3 Å². The largest absolute Gasteiger partial charge is 0.497 e. The van der Waals surface area contributed by atoms with Gasteiger partial charge in [0, 0.05) is 31.4 Å². The van der Waals surface area contributed by atoms with Crippen LogP contribution < -0.4 is 14.4 Å². The van der Waals surface area contributed by atoms with Gasteiger partial charge in [-0.25, -0.2) is 0 Å². The quantitative estimate of drug-likeness (QED) is 0.674. The molecule has 26 heavy (non-hydrogen) atoms. The first-order valence-corrected chi connectivity index (χ1v) is 9.61. The van der Waals surface area contributed by atoms with E-state index < -0.39 is 0 Å². The van der Waals surface area contributed by atoms with Crippen molar-refractivity contribution in [3.8, 4) is 11.5 Å². The minimum absolute atomic E-state index is 0.768. The predicted molar refractivity (Wildman–Crippen MR) is 107 cm³/mol. The molecule has 0 amide bonds. The molecule has 1 aliphatic heterocycles. The van der Waals surface area contributed by atoms with Gasteiger partial charge in [0.05, 0.1) is 7.11 Å². The Hall–Kier alpha value is -2.20. The fraction of sp³-hybridized carbons (Fsp3) is 0.455.